The largest absolute Gasteiger partial charge is 0.495 e. The minimum absolute atomic E-state index is 0.0565. The number of nitrogens with one attached hydrogen (secondary N) is 1. The molecule has 3 rings (SSSR count). The average Bonchev–Trinajstić information content (AvgIpc) is 3.16. The third kappa shape index (κ3) is 5.10. The van der Waals surface area contributed by atoms with Crippen LogP contribution in [-0.2, 0) is 12.8 Å². The van der Waals surface area contributed by atoms with Crippen molar-refractivity contribution in [2.75, 3.05) is 13.6 Å². The highest BCUT2D eigenvalue weighted by molar-refractivity contribution is 5.94. The number of carbonyl (C=O) groups excluding carboxylic acids is 1. The zero-order chi connectivity index (χ0) is 24.9. The van der Waals surface area contributed by atoms with Crippen LogP contribution in [0.15, 0.2) is 18.2 Å². The second kappa shape index (κ2) is 10.5. The number of amides is 1. The summed E-state index contributed by atoms with van der Waals surface area (Å²) in [4.78, 5) is 17.5. The highest BCUT2D eigenvalue weighted by Crippen LogP contribution is 2.30. The molecule has 1 amide bonds. The van der Waals surface area contributed by atoms with Gasteiger partial charge in [-0.05, 0) is 48.8 Å². The predicted octanol–water partition coefficient (Wildman–Crippen LogP) is 4.82. The van der Waals surface area contributed by atoms with Crippen molar-refractivity contribution in [1.29, 1.82) is 5.26 Å². The van der Waals surface area contributed by atoms with Crippen LogP contribution in [0.2, 0.25) is 0 Å². The van der Waals surface area contributed by atoms with Gasteiger partial charge in [-0.2, -0.15) is 5.26 Å². The summed E-state index contributed by atoms with van der Waals surface area (Å²) in [5, 5.41) is 12.9. The normalized spacial score (nSPS) is 20.3. The number of hydrogen-bond donors (Lipinski definition) is 1. The number of benzene rings is 1. The number of ether oxygens (including phenoxy) is 1. The van der Waals surface area contributed by atoms with Crippen molar-refractivity contribution in [3.05, 3.63) is 41.0 Å². The Morgan fingerprint density at radius 1 is 1.35 bits per heavy atom. The zero-order valence-electron chi connectivity index (χ0n) is 21.7. The van der Waals surface area contributed by atoms with Crippen LogP contribution in [0, 0.1) is 23.2 Å². The Labute approximate surface area is 189 Å². The van der Waals surface area contributed by atoms with Gasteiger partial charge in [0.1, 0.15) is 17.6 Å². The fraction of sp³-hybridized carbons (Fsp3) is 0.560. The highest BCUT2D eigenvalue weighted by atomic mass is 16.5. The standard InChI is InChI=1S/C25H34N4O2/c1-5-7-18-12-13-20(22(14-18)31-4)29-21(15-26)24(28-23(29)6-2)25(30)27-16-19-10-8-17(3)9-11-19/h12-14,17,19H,5-11,16H2,1-4H3,(H,27,30)/i4D3. The van der Waals surface area contributed by atoms with E-state index in [-0.39, 0.29) is 23.0 Å². The summed E-state index contributed by atoms with van der Waals surface area (Å²) in [6.45, 7) is 6.73. The fourth-order valence-corrected chi connectivity index (χ4v) is 4.35. The number of hydrogen-bond acceptors (Lipinski definition) is 4. The van der Waals surface area contributed by atoms with Gasteiger partial charge in [-0.3, -0.25) is 9.36 Å². The summed E-state index contributed by atoms with van der Waals surface area (Å²) < 4.78 is 29.6. The van der Waals surface area contributed by atoms with E-state index in [0.717, 1.165) is 37.2 Å². The van der Waals surface area contributed by atoms with Gasteiger partial charge >= 0.3 is 0 Å². The molecule has 0 aliphatic heterocycles. The number of nitrogens with zero attached hydrogens (tertiary/aromatic N) is 3. The molecule has 31 heavy (non-hydrogen) atoms. The number of carbonyl (C=O) groups is 1. The van der Waals surface area contributed by atoms with Gasteiger partial charge in [-0.1, -0.05) is 46.1 Å². The summed E-state index contributed by atoms with van der Waals surface area (Å²) >= 11 is 0. The smallest absolute Gasteiger partial charge is 0.272 e. The Balaban J connectivity index is 1.96. The van der Waals surface area contributed by atoms with Crippen LogP contribution in [-0.4, -0.2) is 29.0 Å². The molecule has 1 aliphatic rings. The van der Waals surface area contributed by atoms with E-state index < -0.39 is 7.04 Å². The first-order valence-electron chi connectivity index (χ1n) is 12.8. The monoisotopic (exact) mass is 425 g/mol. The molecule has 6 nitrogen and oxygen atoms in total. The summed E-state index contributed by atoms with van der Waals surface area (Å²) in [7, 11) is -2.66. The van der Waals surface area contributed by atoms with Gasteiger partial charge in [0.2, 0.25) is 0 Å². The molecule has 1 fully saturated rings. The number of rotatable bonds is 8. The summed E-state index contributed by atoms with van der Waals surface area (Å²) in [5.74, 6) is 1.41. The van der Waals surface area contributed by atoms with E-state index in [9.17, 15) is 10.1 Å². The molecule has 0 bridgehead atoms. The maximum atomic E-state index is 13.0. The number of methoxy groups -OCH3 is 1. The Bertz CT molecular complexity index is 1050. The van der Waals surface area contributed by atoms with E-state index in [1.54, 1.807) is 16.7 Å². The Hall–Kier alpha value is -2.81. The second-order valence-electron chi connectivity index (χ2n) is 8.52. The van der Waals surface area contributed by atoms with E-state index in [1.807, 2.05) is 19.9 Å². The molecule has 0 radical (unpaired) electrons. The lowest BCUT2D eigenvalue weighted by Gasteiger charge is -2.26. The van der Waals surface area contributed by atoms with Crippen molar-refractivity contribution in [3.63, 3.8) is 0 Å². The van der Waals surface area contributed by atoms with Gasteiger partial charge in [-0.15, -0.1) is 0 Å². The van der Waals surface area contributed by atoms with Crippen molar-refractivity contribution >= 4 is 5.91 Å². The molecule has 1 aromatic heterocycles. The lowest BCUT2D eigenvalue weighted by molar-refractivity contribution is 0.0937. The van der Waals surface area contributed by atoms with Crippen LogP contribution in [0.1, 0.15) is 84.6 Å². The predicted molar refractivity (Wildman–Crippen MR) is 122 cm³/mol. The molecular formula is C25H34N4O2. The SMILES string of the molecule is [2H]C([2H])([2H])Oc1cc(CCC)ccc1-n1c(CC)nc(C(=O)NCC2CCC(C)CC2)c1C#N. The van der Waals surface area contributed by atoms with Crippen LogP contribution in [0.4, 0.5) is 0 Å². The molecule has 1 N–H and O–H groups in total. The molecule has 0 unspecified atom stereocenters. The van der Waals surface area contributed by atoms with Crippen molar-refractivity contribution in [3.8, 4) is 17.5 Å². The Morgan fingerprint density at radius 3 is 2.77 bits per heavy atom. The van der Waals surface area contributed by atoms with Gasteiger partial charge in [-0.25, -0.2) is 4.98 Å². The quantitative estimate of drug-likeness (QED) is 0.657. The third-order valence-corrected chi connectivity index (χ3v) is 6.18. The minimum Gasteiger partial charge on any atom is -0.495 e. The molecule has 6 heteroatoms. The molecule has 1 heterocycles. The van der Waals surface area contributed by atoms with Gasteiger partial charge in [0.05, 0.1) is 16.8 Å². The van der Waals surface area contributed by atoms with Crippen molar-refractivity contribution < 1.29 is 13.6 Å². The maximum absolute atomic E-state index is 13.0. The highest BCUT2D eigenvalue weighted by Gasteiger charge is 2.25. The lowest BCUT2D eigenvalue weighted by Crippen LogP contribution is -2.31. The van der Waals surface area contributed by atoms with Gasteiger partial charge < -0.3 is 10.1 Å². The summed E-state index contributed by atoms with van der Waals surface area (Å²) in [5.41, 5.74) is 1.45. The first kappa shape index (κ1) is 18.9. The first-order chi connectivity index (χ1) is 16.2. The molecule has 166 valence electrons. The molecule has 2 aromatic rings. The Morgan fingerprint density at radius 2 is 2.13 bits per heavy atom. The number of aryl methyl sites for hydroxylation is 2. The van der Waals surface area contributed by atoms with Crippen molar-refractivity contribution in [2.24, 2.45) is 11.8 Å². The van der Waals surface area contributed by atoms with Crippen molar-refractivity contribution in [2.45, 2.75) is 65.7 Å². The minimum atomic E-state index is -2.66. The molecule has 0 spiro atoms. The van der Waals surface area contributed by atoms with E-state index in [2.05, 4.69) is 23.3 Å². The number of aromatic nitrogens is 2. The molecule has 0 atom stereocenters. The van der Waals surface area contributed by atoms with Crippen LogP contribution in [0.25, 0.3) is 5.69 Å². The first-order valence-corrected chi connectivity index (χ1v) is 11.3. The van der Waals surface area contributed by atoms with E-state index in [1.165, 1.54) is 12.8 Å². The average molecular weight is 426 g/mol. The van der Waals surface area contributed by atoms with Crippen molar-refractivity contribution in [1.82, 2.24) is 14.9 Å². The molecule has 0 saturated heterocycles. The van der Waals surface area contributed by atoms with Crippen LogP contribution < -0.4 is 10.1 Å². The van der Waals surface area contributed by atoms with E-state index in [0.29, 0.717) is 30.4 Å². The lowest BCUT2D eigenvalue weighted by atomic mass is 9.83. The van der Waals surface area contributed by atoms with E-state index in [4.69, 9.17) is 8.85 Å². The zero-order valence-corrected chi connectivity index (χ0v) is 18.7. The third-order valence-electron chi connectivity index (χ3n) is 6.18. The van der Waals surface area contributed by atoms with Gasteiger partial charge in [0, 0.05) is 13.0 Å². The topological polar surface area (TPSA) is 79.9 Å². The summed E-state index contributed by atoms with van der Waals surface area (Å²) in [6.07, 6.45) is 6.61. The molecular weight excluding hydrogens is 388 g/mol. The van der Waals surface area contributed by atoms with Crippen LogP contribution in [0.5, 0.6) is 5.75 Å². The molecule has 1 aliphatic carbocycles. The molecule has 1 aromatic carbocycles. The molecule has 1 saturated carbocycles. The Kier molecular flexibility index (Phi) is 6.39. The fourth-order valence-electron chi connectivity index (χ4n) is 4.35. The number of imidazole rings is 1. The number of nitriles is 1. The summed E-state index contributed by atoms with van der Waals surface area (Å²) in [6, 6.07) is 7.42. The van der Waals surface area contributed by atoms with Crippen LogP contribution in [0.3, 0.4) is 0 Å². The maximum Gasteiger partial charge on any atom is 0.272 e. The second-order valence-corrected chi connectivity index (χ2v) is 8.52. The van der Waals surface area contributed by atoms with Gasteiger partial charge in [0.25, 0.3) is 5.91 Å². The van der Waals surface area contributed by atoms with Crippen LogP contribution >= 0.6 is 0 Å². The van der Waals surface area contributed by atoms with Gasteiger partial charge in [0.15, 0.2) is 11.4 Å². The van der Waals surface area contributed by atoms with E-state index >= 15 is 0 Å².